The Balaban J connectivity index is -0.000000237. The molecule has 2 amide bonds. The van der Waals surface area contributed by atoms with Gasteiger partial charge in [-0.15, -0.1) is 0 Å². The second kappa shape index (κ2) is 37.2. The van der Waals surface area contributed by atoms with Gasteiger partial charge in [-0.1, -0.05) is 54.9 Å². The van der Waals surface area contributed by atoms with Crippen LogP contribution in [0.3, 0.4) is 0 Å². The third-order valence-corrected chi connectivity index (χ3v) is 3.72. The van der Waals surface area contributed by atoms with Gasteiger partial charge in [0.05, 0.1) is 33.0 Å². The molecule has 0 aromatic rings. The van der Waals surface area contributed by atoms with Crippen molar-refractivity contribution in [3.05, 3.63) is 0 Å². The van der Waals surface area contributed by atoms with Gasteiger partial charge >= 0.3 is 0 Å². The summed E-state index contributed by atoms with van der Waals surface area (Å²) >= 11 is 0. The lowest BCUT2D eigenvalue weighted by Crippen LogP contribution is -2.64. The Hall–Kier alpha value is -2.00. The quantitative estimate of drug-likeness (QED) is 0.137. The van der Waals surface area contributed by atoms with E-state index < -0.39 is 43.2 Å². The van der Waals surface area contributed by atoms with E-state index in [0.29, 0.717) is 6.54 Å². The standard InChI is InChI=1S/C14H27N3O8.C3H7N.C3H8.2C2H6.CH2O/c1-8(19)17-11-13(22)12(21)9(7-18)25-14(11)24-5-4-23-3-2-16-10(20)6-15;1-2-3-4;1-3-2;3*1-2/h9,11-14,18,21-22H,2-7,15H2,1H3,(H,16,20)(H,17,19);3-4H,2H2,1H3;3H2,1-2H3;2*1-2H3;1H2. The fraction of sp³-hybridized carbons (Fsp3) is 0.840. The number of carbonyl (C=O) groups is 3. The minimum atomic E-state index is -1.36. The summed E-state index contributed by atoms with van der Waals surface area (Å²) in [5.74, 6) is -0.709. The number of nitrogens with two attached hydrogens (primary N) is 1. The second-order valence-electron chi connectivity index (χ2n) is 6.79. The first-order valence-electron chi connectivity index (χ1n) is 13.1. The molecule has 13 heteroatoms. The highest BCUT2D eigenvalue weighted by Crippen LogP contribution is 2.22. The van der Waals surface area contributed by atoms with Crippen LogP contribution in [0.2, 0.25) is 0 Å². The average molecular weight is 557 g/mol. The Morgan fingerprint density at radius 3 is 1.95 bits per heavy atom. The van der Waals surface area contributed by atoms with Crippen LogP contribution in [-0.4, -0.2) is 110 Å². The Morgan fingerprint density at radius 1 is 1.05 bits per heavy atom. The first-order chi connectivity index (χ1) is 18.2. The number of ether oxygens (including phenoxy) is 3. The Morgan fingerprint density at radius 2 is 1.55 bits per heavy atom. The molecule has 1 saturated heterocycles. The fourth-order valence-electron chi connectivity index (χ4n) is 2.27. The van der Waals surface area contributed by atoms with Crippen molar-refractivity contribution < 1.29 is 43.9 Å². The van der Waals surface area contributed by atoms with Crippen molar-refractivity contribution in [3.8, 4) is 0 Å². The summed E-state index contributed by atoms with van der Waals surface area (Å²) in [6, 6.07) is -0.987. The molecule has 0 aromatic heterocycles. The molecule has 8 N–H and O–H groups in total. The number of carbonyl (C=O) groups excluding carboxylic acids is 3. The molecule has 0 saturated carbocycles. The lowest BCUT2D eigenvalue weighted by Gasteiger charge is -2.42. The molecule has 230 valence electrons. The zero-order valence-corrected chi connectivity index (χ0v) is 24.7. The van der Waals surface area contributed by atoms with Gasteiger partial charge in [0.15, 0.2) is 6.29 Å². The van der Waals surface area contributed by atoms with Gasteiger partial charge in [0.1, 0.15) is 31.1 Å². The van der Waals surface area contributed by atoms with E-state index in [1.165, 1.54) is 19.6 Å². The molecule has 0 aliphatic carbocycles. The SMILES string of the molecule is C=O.CC.CC.CC(=O)NC1C(OCCOCCNC(=O)CN)OC(CO)C(O)C1O.CCC.CCC=N. The number of aliphatic hydroxyl groups is 3. The van der Waals surface area contributed by atoms with Crippen LogP contribution < -0.4 is 16.4 Å². The summed E-state index contributed by atoms with van der Waals surface area (Å²) in [5, 5.41) is 40.5. The highest BCUT2D eigenvalue weighted by molar-refractivity contribution is 5.77. The molecule has 1 aliphatic rings. The van der Waals surface area contributed by atoms with Crippen molar-refractivity contribution in [2.24, 2.45) is 5.73 Å². The number of hydrogen-bond donors (Lipinski definition) is 7. The van der Waals surface area contributed by atoms with Gasteiger partial charge in [-0.2, -0.15) is 0 Å². The molecule has 1 heterocycles. The molecule has 1 fully saturated rings. The second-order valence-corrected chi connectivity index (χ2v) is 6.79. The fourth-order valence-corrected chi connectivity index (χ4v) is 2.27. The summed E-state index contributed by atoms with van der Waals surface area (Å²) < 4.78 is 16.1. The van der Waals surface area contributed by atoms with E-state index in [1.54, 1.807) is 0 Å². The third-order valence-electron chi connectivity index (χ3n) is 3.72. The predicted molar refractivity (Wildman–Crippen MR) is 149 cm³/mol. The predicted octanol–water partition coefficient (Wildman–Crippen LogP) is 0.368. The van der Waals surface area contributed by atoms with Crippen LogP contribution >= 0.6 is 0 Å². The molecule has 38 heavy (non-hydrogen) atoms. The maximum Gasteiger partial charge on any atom is 0.233 e. The van der Waals surface area contributed by atoms with Crippen LogP contribution in [0.15, 0.2) is 0 Å². The molecule has 0 bridgehead atoms. The van der Waals surface area contributed by atoms with Gasteiger partial charge in [-0.05, 0) is 12.6 Å². The van der Waals surface area contributed by atoms with Gasteiger partial charge in [0.2, 0.25) is 11.8 Å². The lowest BCUT2D eigenvalue weighted by molar-refractivity contribution is -0.272. The summed E-state index contributed by atoms with van der Waals surface area (Å²) in [4.78, 5) is 30.2. The van der Waals surface area contributed by atoms with Crippen molar-refractivity contribution in [2.45, 2.75) is 98.9 Å². The van der Waals surface area contributed by atoms with E-state index in [4.69, 9.17) is 30.1 Å². The summed E-state index contributed by atoms with van der Waals surface area (Å²) in [5.41, 5.74) is 5.14. The Bertz CT molecular complexity index is 517. The molecule has 1 aliphatic heterocycles. The van der Waals surface area contributed by atoms with Crippen LogP contribution in [0.1, 0.15) is 68.2 Å². The van der Waals surface area contributed by atoms with Crippen LogP contribution in [0, 0.1) is 5.41 Å². The highest BCUT2D eigenvalue weighted by Gasteiger charge is 2.45. The molecular weight excluding hydrogens is 500 g/mol. The molecule has 5 unspecified atom stereocenters. The van der Waals surface area contributed by atoms with Crippen LogP contribution in [0.25, 0.3) is 0 Å². The largest absolute Gasteiger partial charge is 0.394 e. The summed E-state index contributed by atoms with van der Waals surface area (Å²) in [7, 11) is 0. The van der Waals surface area contributed by atoms with E-state index >= 15 is 0 Å². The minimum absolute atomic E-state index is 0.0759. The van der Waals surface area contributed by atoms with Crippen LogP contribution in [0.4, 0.5) is 0 Å². The molecule has 0 aromatic carbocycles. The number of rotatable bonds is 11. The lowest BCUT2D eigenvalue weighted by atomic mass is 9.97. The first kappa shape index (κ1) is 45.9. The molecule has 5 atom stereocenters. The minimum Gasteiger partial charge on any atom is -0.394 e. The highest BCUT2D eigenvalue weighted by atomic mass is 16.7. The number of nitrogens with one attached hydrogen (secondary N) is 3. The van der Waals surface area contributed by atoms with Crippen molar-refractivity contribution in [1.82, 2.24) is 10.6 Å². The number of hydrogen-bond acceptors (Lipinski definition) is 11. The molecule has 0 radical (unpaired) electrons. The molecular formula is C25H56N4O9. The van der Waals surface area contributed by atoms with E-state index in [0.717, 1.165) is 6.42 Å². The maximum atomic E-state index is 11.3. The van der Waals surface area contributed by atoms with Gasteiger partial charge in [-0.25, -0.2) is 0 Å². The third kappa shape index (κ3) is 27.0. The summed E-state index contributed by atoms with van der Waals surface area (Å²) in [6.45, 7) is 17.7. The van der Waals surface area contributed by atoms with E-state index in [1.807, 2.05) is 41.4 Å². The van der Waals surface area contributed by atoms with Crippen molar-refractivity contribution in [3.63, 3.8) is 0 Å². The zero-order chi connectivity index (χ0) is 30.9. The Labute approximate surface area is 229 Å². The normalized spacial score (nSPS) is 20.8. The van der Waals surface area contributed by atoms with Crippen LogP contribution in [-0.2, 0) is 28.6 Å². The van der Waals surface area contributed by atoms with Gasteiger partial charge in [0, 0.05) is 13.5 Å². The van der Waals surface area contributed by atoms with Gasteiger partial charge < -0.3 is 56.1 Å². The van der Waals surface area contributed by atoms with E-state index in [2.05, 4.69) is 24.5 Å². The maximum absolute atomic E-state index is 11.3. The first-order valence-corrected chi connectivity index (χ1v) is 13.1. The molecule has 0 spiro atoms. The van der Waals surface area contributed by atoms with Crippen molar-refractivity contribution >= 4 is 24.8 Å². The summed E-state index contributed by atoms with van der Waals surface area (Å²) in [6.07, 6.45) is -1.31. The smallest absolute Gasteiger partial charge is 0.233 e. The van der Waals surface area contributed by atoms with Crippen molar-refractivity contribution in [1.29, 1.82) is 5.41 Å². The molecule has 1 rings (SSSR count). The van der Waals surface area contributed by atoms with Crippen LogP contribution in [0.5, 0.6) is 0 Å². The Kier molecular flexibility index (Phi) is 44.9. The number of aliphatic hydroxyl groups excluding tert-OH is 3. The monoisotopic (exact) mass is 556 g/mol. The molecule has 13 nitrogen and oxygen atoms in total. The van der Waals surface area contributed by atoms with Gasteiger partial charge in [-0.3, -0.25) is 9.59 Å². The van der Waals surface area contributed by atoms with Gasteiger partial charge in [0.25, 0.3) is 0 Å². The average Bonchev–Trinajstić information content (AvgIpc) is 2.95. The zero-order valence-electron chi connectivity index (χ0n) is 24.7. The van der Waals surface area contributed by atoms with E-state index in [9.17, 15) is 24.9 Å². The van der Waals surface area contributed by atoms with Crippen molar-refractivity contribution in [2.75, 3.05) is 39.5 Å². The number of amides is 2. The topological polar surface area (TPSA) is 214 Å². The van der Waals surface area contributed by atoms with E-state index in [-0.39, 0.29) is 32.3 Å².